The van der Waals surface area contributed by atoms with Gasteiger partial charge in [-0.05, 0) is 85.7 Å². The Morgan fingerprint density at radius 1 is 0.367 bits per heavy atom. The van der Waals surface area contributed by atoms with Gasteiger partial charge in [0.05, 0.1) is 0 Å². The number of aryl methyl sites for hydroxylation is 1. The van der Waals surface area contributed by atoms with Crippen molar-refractivity contribution in [2.45, 2.75) is 212 Å². The first-order chi connectivity index (χ1) is 29.5. The first-order valence-corrected chi connectivity index (χ1v) is 24.5. The molecule has 0 atom stereocenters. The van der Waals surface area contributed by atoms with Gasteiger partial charge in [0.2, 0.25) is 0 Å². The van der Waals surface area contributed by atoms with Crippen molar-refractivity contribution < 1.29 is 29.3 Å². The lowest BCUT2D eigenvalue weighted by molar-refractivity contribution is -0.135. The number of carbonyl (C=O) groups is 2. The molecule has 3 aromatic rings. The lowest BCUT2D eigenvalue weighted by Crippen LogP contribution is -2.07. The highest BCUT2D eigenvalue weighted by molar-refractivity contribution is 5.72. The van der Waals surface area contributed by atoms with Gasteiger partial charge in [-0.2, -0.15) is 0 Å². The van der Waals surface area contributed by atoms with Crippen molar-refractivity contribution in [3.63, 3.8) is 0 Å². The highest BCUT2D eigenvalue weighted by atomic mass is 16.5. The van der Waals surface area contributed by atoms with E-state index >= 15 is 0 Å². The summed E-state index contributed by atoms with van der Waals surface area (Å²) < 4.78 is 10.7. The number of phenolic OH excluding ortho intramolecular Hbond substituents is 2. The Balaban J connectivity index is 1.14. The number of unbranched alkanes of at least 4 members (excludes halogenated alkanes) is 24. The molecule has 0 saturated heterocycles. The summed E-state index contributed by atoms with van der Waals surface area (Å²) in [5, 5.41) is 18.7. The van der Waals surface area contributed by atoms with Crippen molar-refractivity contribution in [1.82, 2.24) is 0 Å². The molecule has 0 aliphatic rings. The van der Waals surface area contributed by atoms with Crippen molar-refractivity contribution >= 4 is 11.9 Å². The predicted octanol–water partition coefficient (Wildman–Crippen LogP) is 16.0. The van der Waals surface area contributed by atoms with Crippen LogP contribution in [0.25, 0.3) is 0 Å². The molecule has 0 bridgehead atoms. The Kier molecular flexibility index (Phi) is 29.4. The number of hydrogen-bond acceptors (Lipinski definition) is 6. The molecule has 0 aliphatic carbocycles. The number of hydrogen-bond donors (Lipinski definition) is 2. The van der Waals surface area contributed by atoms with Crippen LogP contribution >= 0.6 is 0 Å². The number of esters is 2. The molecule has 0 saturated carbocycles. The van der Waals surface area contributed by atoms with Gasteiger partial charge in [-0.15, -0.1) is 0 Å². The molecular weight excluding hydrogens is 745 g/mol. The van der Waals surface area contributed by atoms with Gasteiger partial charge in [-0.3, -0.25) is 9.59 Å². The molecular formula is C54H82O6. The highest BCUT2D eigenvalue weighted by Gasteiger charge is 2.10. The molecule has 6 heteroatoms. The van der Waals surface area contributed by atoms with Gasteiger partial charge in [0, 0.05) is 12.8 Å². The molecule has 0 radical (unpaired) electrons. The summed E-state index contributed by atoms with van der Waals surface area (Å²) in [5.74, 6) is 1.86. The topological polar surface area (TPSA) is 93.1 Å². The third-order valence-electron chi connectivity index (χ3n) is 12.0. The van der Waals surface area contributed by atoms with E-state index < -0.39 is 0 Å². The zero-order valence-corrected chi connectivity index (χ0v) is 37.4. The smallest absolute Gasteiger partial charge is 0.311 e. The maximum absolute atomic E-state index is 12.0. The Morgan fingerprint density at radius 2 is 0.667 bits per heavy atom. The van der Waals surface area contributed by atoms with E-state index in [1.165, 1.54) is 203 Å². The third-order valence-corrected chi connectivity index (χ3v) is 12.0. The van der Waals surface area contributed by atoms with E-state index in [1.807, 2.05) is 0 Å². The normalized spacial score (nSPS) is 11.3. The van der Waals surface area contributed by atoms with Gasteiger partial charge < -0.3 is 19.7 Å². The minimum Gasteiger partial charge on any atom is -0.508 e. The SMILES string of the molecule is O=C(CCCCCCCCCCCCCC(CCCCCCCCCCCCCC(=O)Oc1ccc(O)cc1)CCCCCCCc1ccccc1)Oc1ccc(O)cc1. The lowest BCUT2D eigenvalue weighted by atomic mass is 9.89. The Bertz CT molecular complexity index is 1370. The minimum atomic E-state index is -0.192. The molecule has 334 valence electrons. The van der Waals surface area contributed by atoms with Crippen molar-refractivity contribution in [2.24, 2.45) is 5.92 Å². The summed E-state index contributed by atoms with van der Waals surface area (Å²) in [6, 6.07) is 23.6. The fourth-order valence-electron chi connectivity index (χ4n) is 8.35. The van der Waals surface area contributed by atoms with Crippen molar-refractivity contribution in [2.75, 3.05) is 0 Å². The maximum atomic E-state index is 12.0. The van der Waals surface area contributed by atoms with Gasteiger partial charge in [0.25, 0.3) is 0 Å². The van der Waals surface area contributed by atoms with Gasteiger partial charge in [0.15, 0.2) is 0 Å². The molecule has 3 rings (SSSR count). The van der Waals surface area contributed by atoms with E-state index in [9.17, 15) is 19.8 Å². The number of aromatic hydroxyl groups is 2. The molecule has 0 fully saturated rings. The largest absolute Gasteiger partial charge is 0.508 e. The highest BCUT2D eigenvalue weighted by Crippen LogP contribution is 2.26. The van der Waals surface area contributed by atoms with Gasteiger partial charge in [0.1, 0.15) is 23.0 Å². The first kappa shape index (κ1) is 50.6. The zero-order valence-electron chi connectivity index (χ0n) is 37.4. The fourth-order valence-corrected chi connectivity index (χ4v) is 8.35. The number of rotatable bonds is 38. The minimum absolute atomic E-state index is 0.172. The van der Waals surface area contributed by atoms with E-state index in [0.29, 0.717) is 24.3 Å². The first-order valence-electron chi connectivity index (χ1n) is 24.5. The van der Waals surface area contributed by atoms with E-state index in [-0.39, 0.29) is 23.4 Å². The average Bonchev–Trinajstić information content (AvgIpc) is 3.25. The molecule has 0 unspecified atom stereocenters. The molecule has 0 aliphatic heterocycles. The van der Waals surface area contributed by atoms with E-state index in [4.69, 9.17) is 9.47 Å². The van der Waals surface area contributed by atoms with Crippen molar-refractivity contribution in [1.29, 1.82) is 0 Å². The van der Waals surface area contributed by atoms with Gasteiger partial charge in [-0.1, -0.05) is 204 Å². The molecule has 6 nitrogen and oxygen atoms in total. The summed E-state index contributed by atoms with van der Waals surface area (Å²) in [5.41, 5.74) is 1.48. The summed E-state index contributed by atoms with van der Waals surface area (Å²) in [6.45, 7) is 0. The standard InChI is InChI=1S/C54H82O6/c55-49-39-43-51(44-40-49)59-53(57)37-29-20-13-9-5-1-3-7-11-16-23-31-47(33-25-18-15-19-26-34-48-35-27-22-28-36-48)32-24-17-12-8-4-2-6-10-14-21-30-38-54(58)60-52-45-41-50(56)42-46-52/h22,27-28,35-36,39-47,55-56H,1-21,23-26,29-34,37-38H2. The molecule has 60 heavy (non-hydrogen) atoms. The molecule has 0 amide bonds. The monoisotopic (exact) mass is 827 g/mol. The number of ether oxygens (including phenoxy) is 2. The van der Waals surface area contributed by atoms with E-state index in [1.54, 1.807) is 24.3 Å². The summed E-state index contributed by atoms with van der Waals surface area (Å²) in [4.78, 5) is 24.1. The second-order valence-electron chi connectivity index (χ2n) is 17.4. The van der Waals surface area contributed by atoms with E-state index in [0.717, 1.165) is 31.6 Å². The van der Waals surface area contributed by atoms with Crippen LogP contribution in [0.2, 0.25) is 0 Å². The third kappa shape index (κ3) is 27.9. The summed E-state index contributed by atoms with van der Waals surface area (Å²) in [7, 11) is 0. The number of carbonyl (C=O) groups excluding carboxylic acids is 2. The predicted molar refractivity (Wildman–Crippen MR) is 249 cm³/mol. The van der Waals surface area contributed by atoms with Crippen molar-refractivity contribution in [3.05, 3.63) is 84.4 Å². The number of phenols is 2. The molecule has 0 spiro atoms. The maximum Gasteiger partial charge on any atom is 0.311 e. The Morgan fingerprint density at radius 3 is 1.02 bits per heavy atom. The van der Waals surface area contributed by atoms with Crippen LogP contribution in [-0.4, -0.2) is 22.2 Å². The van der Waals surface area contributed by atoms with Gasteiger partial charge in [-0.25, -0.2) is 0 Å². The second-order valence-corrected chi connectivity index (χ2v) is 17.4. The second kappa shape index (κ2) is 34.9. The van der Waals surface area contributed by atoms with Crippen LogP contribution in [0.15, 0.2) is 78.9 Å². The summed E-state index contributed by atoms with van der Waals surface area (Å²) in [6.07, 6.45) is 41.2. The fraction of sp³-hybridized carbons (Fsp3) is 0.630. The molecule has 3 aromatic carbocycles. The quantitative estimate of drug-likeness (QED) is 0.0339. The summed E-state index contributed by atoms with van der Waals surface area (Å²) >= 11 is 0. The Hall–Kier alpha value is -3.80. The average molecular weight is 827 g/mol. The molecule has 0 heterocycles. The van der Waals surface area contributed by atoms with Crippen molar-refractivity contribution in [3.8, 4) is 23.0 Å². The molecule has 2 N–H and O–H groups in total. The van der Waals surface area contributed by atoms with Crippen LogP contribution in [0.5, 0.6) is 23.0 Å². The number of benzene rings is 3. The zero-order chi connectivity index (χ0) is 42.6. The van der Waals surface area contributed by atoms with Crippen LogP contribution in [0.1, 0.15) is 211 Å². The molecule has 0 aromatic heterocycles. The van der Waals surface area contributed by atoms with Gasteiger partial charge >= 0.3 is 11.9 Å². The van der Waals surface area contributed by atoms with Crippen LogP contribution in [-0.2, 0) is 16.0 Å². The van der Waals surface area contributed by atoms with Crippen LogP contribution in [0.3, 0.4) is 0 Å². The van der Waals surface area contributed by atoms with Crippen LogP contribution < -0.4 is 9.47 Å². The Labute approximate surface area is 365 Å². The van der Waals surface area contributed by atoms with Crippen LogP contribution in [0, 0.1) is 5.92 Å². The van der Waals surface area contributed by atoms with E-state index in [2.05, 4.69) is 30.3 Å². The van der Waals surface area contributed by atoms with Crippen LogP contribution in [0.4, 0.5) is 0 Å². The lowest BCUT2D eigenvalue weighted by Gasteiger charge is -2.17.